The Kier molecular flexibility index (Phi) is 9.68. The van der Waals surface area contributed by atoms with Gasteiger partial charge in [0.05, 0.1) is 45.5 Å². The number of ether oxygens (including phenoxy) is 3. The SMILES string of the molecule is CCOc1ccc(S(=O)(=O)Nc2ccccc2C(=O)OC(=O)c2ccccc2NS(=O)(=O)c2ccc(OCC)cc2)cc1. The molecule has 0 aliphatic carbocycles. The summed E-state index contributed by atoms with van der Waals surface area (Å²) in [4.78, 5) is 25.9. The van der Waals surface area contributed by atoms with Gasteiger partial charge < -0.3 is 14.2 Å². The Morgan fingerprint density at radius 3 is 1.26 bits per heavy atom. The van der Waals surface area contributed by atoms with Gasteiger partial charge in [-0.25, -0.2) is 26.4 Å². The summed E-state index contributed by atoms with van der Waals surface area (Å²) in [6.07, 6.45) is 0. The third kappa shape index (κ3) is 7.70. The molecule has 4 rings (SSSR count). The first kappa shape index (κ1) is 31.1. The van der Waals surface area contributed by atoms with E-state index in [0.29, 0.717) is 24.7 Å². The Bertz CT molecular complexity index is 1690. The molecule has 0 saturated carbocycles. The molecule has 0 heterocycles. The standard InChI is InChI=1S/C30H28N2O9S2/c1-3-39-21-13-17-23(18-14-21)42(35,36)31-27-11-7-5-9-25(27)29(33)41-30(34)26-10-6-8-12-28(26)32-43(37,38)24-19-15-22(16-20-24)40-4-2/h5-20,31-32H,3-4H2,1-2H3. The topological polar surface area (TPSA) is 154 Å². The maximum Gasteiger partial charge on any atom is 0.348 e. The Labute approximate surface area is 249 Å². The molecule has 0 spiro atoms. The highest BCUT2D eigenvalue weighted by molar-refractivity contribution is 7.93. The van der Waals surface area contributed by atoms with Crippen LogP contribution >= 0.6 is 0 Å². The van der Waals surface area contributed by atoms with Gasteiger partial charge in [0.15, 0.2) is 0 Å². The second kappa shape index (κ2) is 13.4. The van der Waals surface area contributed by atoms with Crippen molar-refractivity contribution in [1.29, 1.82) is 0 Å². The van der Waals surface area contributed by atoms with Crippen molar-refractivity contribution in [2.45, 2.75) is 23.6 Å². The lowest BCUT2D eigenvalue weighted by atomic mass is 10.1. The maximum atomic E-state index is 13.0. The average molecular weight is 625 g/mol. The van der Waals surface area contributed by atoms with E-state index in [1.807, 2.05) is 0 Å². The summed E-state index contributed by atoms with van der Waals surface area (Å²) >= 11 is 0. The number of nitrogens with one attached hydrogen (secondary N) is 2. The molecule has 4 aromatic carbocycles. The third-order valence-electron chi connectivity index (χ3n) is 5.86. The number of para-hydroxylation sites is 2. The molecule has 0 bridgehead atoms. The van der Waals surface area contributed by atoms with Crippen molar-refractivity contribution in [2.24, 2.45) is 0 Å². The molecule has 0 aliphatic rings. The molecular formula is C30H28N2O9S2. The van der Waals surface area contributed by atoms with Gasteiger partial charge in [0.25, 0.3) is 20.0 Å². The number of sulfonamides is 2. The van der Waals surface area contributed by atoms with E-state index in [1.54, 1.807) is 13.8 Å². The van der Waals surface area contributed by atoms with E-state index < -0.39 is 32.0 Å². The van der Waals surface area contributed by atoms with Gasteiger partial charge in [-0.05, 0) is 86.6 Å². The van der Waals surface area contributed by atoms with Crippen molar-refractivity contribution in [2.75, 3.05) is 22.7 Å². The number of carbonyl (C=O) groups is 2. The van der Waals surface area contributed by atoms with E-state index in [9.17, 15) is 26.4 Å². The number of rotatable bonds is 12. The van der Waals surface area contributed by atoms with E-state index in [-0.39, 0.29) is 32.3 Å². The monoisotopic (exact) mass is 624 g/mol. The van der Waals surface area contributed by atoms with Gasteiger partial charge in [-0.15, -0.1) is 0 Å². The van der Waals surface area contributed by atoms with Crippen LogP contribution in [-0.4, -0.2) is 42.0 Å². The van der Waals surface area contributed by atoms with Gasteiger partial charge >= 0.3 is 11.9 Å². The number of anilines is 2. The van der Waals surface area contributed by atoms with Crippen LogP contribution in [0.4, 0.5) is 11.4 Å². The van der Waals surface area contributed by atoms with Crippen molar-refractivity contribution in [3.05, 3.63) is 108 Å². The van der Waals surface area contributed by atoms with Crippen LogP contribution in [0.5, 0.6) is 11.5 Å². The Balaban J connectivity index is 1.52. The molecule has 0 aromatic heterocycles. The first-order valence-corrected chi connectivity index (χ1v) is 16.0. The fourth-order valence-electron chi connectivity index (χ4n) is 3.87. The molecule has 2 N–H and O–H groups in total. The summed E-state index contributed by atoms with van der Waals surface area (Å²) in [6, 6.07) is 22.6. The highest BCUT2D eigenvalue weighted by Crippen LogP contribution is 2.25. The van der Waals surface area contributed by atoms with Gasteiger partial charge in [0.2, 0.25) is 0 Å². The molecule has 4 aromatic rings. The van der Waals surface area contributed by atoms with Crippen LogP contribution in [0.1, 0.15) is 34.6 Å². The molecular weight excluding hydrogens is 596 g/mol. The first-order chi connectivity index (χ1) is 20.5. The zero-order chi connectivity index (χ0) is 31.0. The summed E-state index contributed by atoms with van der Waals surface area (Å²) in [5, 5.41) is 0. The molecule has 0 fully saturated rings. The molecule has 0 saturated heterocycles. The minimum atomic E-state index is -4.12. The molecule has 224 valence electrons. The smallest absolute Gasteiger partial charge is 0.348 e. The highest BCUT2D eigenvalue weighted by Gasteiger charge is 2.24. The van der Waals surface area contributed by atoms with Gasteiger partial charge in [-0.2, -0.15) is 0 Å². The van der Waals surface area contributed by atoms with Crippen LogP contribution < -0.4 is 18.9 Å². The summed E-state index contributed by atoms with van der Waals surface area (Å²) < 4.78 is 72.4. The maximum absolute atomic E-state index is 13.0. The van der Waals surface area contributed by atoms with Crippen LogP contribution in [0.2, 0.25) is 0 Å². The molecule has 0 aliphatic heterocycles. The summed E-state index contributed by atoms with van der Waals surface area (Å²) in [6.45, 7) is 4.43. The second-order valence-corrected chi connectivity index (χ2v) is 12.2. The largest absolute Gasteiger partial charge is 0.494 e. The number of hydrogen-bond donors (Lipinski definition) is 2. The van der Waals surface area contributed by atoms with Crippen molar-refractivity contribution in [3.63, 3.8) is 0 Å². The Morgan fingerprint density at radius 2 is 0.907 bits per heavy atom. The van der Waals surface area contributed by atoms with Crippen molar-refractivity contribution < 1.29 is 40.6 Å². The Hall–Kier alpha value is -4.88. The van der Waals surface area contributed by atoms with Crippen LogP contribution in [0.15, 0.2) is 107 Å². The fourth-order valence-corrected chi connectivity index (χ4v) is 6.02. The number of benzene rings is 4. The molecule has 0 unspecified atom stereocenters. The number of esters is 2. The highest BCUT2D eigenvalue weighted by atomic mass is 32.2. The van der Waals surface area contributed by atoms with E-state index in [2.05, 4.69) is 9.44 Å². The molecule has 13 heteroatoms. The quantitative estimate of drug-likeness (QED) is 0.162. The van der Waals surface area contributed by atoms with E-state index in [4.69, 9.17) is 14.2 Å². The molecule has 43 heavy (non-hydrogen) atoms. The zero-order valence-corrected chi connectivity index (χ0v) is 24.8. The average Bonchev–Trinajstić information content (AvgIpc) is 2.98. The molecule has 0 radical (unpaired) electrons. The van der Waals surface area contributed by atoms with Gasteiger partial charge in [0, 0.05) is 0 Å². The van der Waals surface area contributed by atoms with Gasteiger partial charge in [-0.1, -0.05) is 24.3 Å². The summed E-state index contributed by atoms with van der Waals surface area (Å²) in [7, 11) is -8.25. The molecule has 11 nitrogen and oxygen atoms in total. The lowest BCUT2D eigenvalue weighted by Gasteiger charge is -2.14. The second-order valence-electron chi connectivity index (χ2n) is 8.79. The first-order valence-electron chi connectivity index (χ1n) is 13.0. The minimum absolute atomic E-state index is 0.0797. The third-order valence-corrected chi connectivity index (χ3v) is 8.62. The van der Waals surface area contributed by atoms with E-state index in [0.717, 1.165) is 0 Å². The van der Waals surface area contributed by atoms with Crippen molar-refractivity contribution in [3.8, 4) is 11.5 Å². The van der Waals surface area contributed by atoms with Crippen LogP contribution in [0.25, 0.3) is 0 Å². The molecule has 0 amide bonds. The van der Waals surface area contributed by atoms with Crippen LogP contribution in [-0.2, 0) is 24.8 Å². The van der Waals surface area contributed by atoms with Crippen molar-refractivity contribution >= 4 is 43.4 Å². The van der Waals surface area contributed by atoms with Crippen molar-refractivity contribution in [1.82, 2.24) is 0 Å². The number of hydrogen-bond acceptors (Lipinski definition) is 9. The van der Waals surface area contributed by atoms with Crippen LogP contribution in [0, 0.1) is 0 Å². The molecule has 0 atom stereocenters. The summed E-state index contributed by atoms with van der Waals surface area (Å²) in [5.41, 5.74) is -0.729. The fraction of sp³-hybridized carbons (Fsp3) is 0.133. The predicted molar refractivity (Wildman–Crippen MR) is 159 cm³/mol. The lowest BCUT2D eigenvalue weighted by molar-refractivity contribution is 0.0399. The number of carbonyl (C=O) groups excluding carboxylic acids is 2. The minimum Gasteiger partial charge on any atom is -0.494 e. The van der Waals surface area contributed by atoms with E-state index >= 15 is 0 Å². The predicted octanol–water partition coefficient (Wildman–Crippen LogP) is 5.08. The van der Waals surface area contributed by atoms with E-state index in [1.165, 1.54) is 97.1 Å². The van der Waals surface area contributed by atoms with Gasteiger partial charge in [-0.3, -0.25) is 9.44 Å². The summed E-state index contributed by atoms with van der Waals surface area (Å²) in [5.74, 6) is -1.32. The Morgan fingerprint density at radius 1 is 0.558 bits per heavy atom. The van der Waals surface area contributed by atoms with Crippen LogP contribution in [0.3, 0.4) is 0 Å². The zero-order valence-electron chi connectivity index (χ0n) is 23.1. The normalized spacial score (nSPS) is 11.3. The lowest BCUT2D eigenvalue weighted by Crippen LogP contribution is -2.20. The van der Waals surface area contributed by atoms with Gasteiger partial charge in [0.1, 0.15) is 11.5 Å².